The van der Waals surface area contributed by atoms with Crippen LogP contribution in [0.5, 0.6) is 0 Å². The third-order valence-corrected chi connectivity index (χ3v) is 3.94. The molecule has 0 bridgehead atoms. The minimum atomic E-state index is -3.02. The van der Waals surface area contributed by atoms with Crippen molar-refractivity contribution in [2.75, 3.05) is 0 Å². The summed E-state index contributed by atoms with van der Waals surface area (Å²) in [5, 5.41) is 0. The average molecular weight is 344 g/mol. The highest BCUT2D eigenvalue weighted by atomic mass is 19.3. The highest BCUT2D eigenvalue weighted by Crippen LogP contribution is 2.36. The Bertz CT molecular complexity index is 861. The summed E-state index contributed by atoms with van der Waals surface area (Å²) in [6.07, 6.45) is 5.21. The zero-order chi connectivity index (χ0) is 18.8. The number of hydrogen-bond acceptors (Lipinski definition) is 2. The number of rotatable bonds is 6. The number of imidazole rings is 1. The van der Waals surface area contributed by atoms with Gasteiger partial charge in [0.1, 0.15) is 5.76 Å². The van der Waals surface area contributed by atoms with Crippen LogP contribution in [0.3, 0.4) is 0 Å². The van der Waals surface area contributed by atoms with Gasteiger partial charge in [0.05, 0.1) is 5.69 Å². The summed E-state index contributed by atoms with van der Waals surface area (Å²) < 4.78 is 32.9. The highest BCUT2D eigenvalue weighted by Gasteiger charge is 2.30. The lowest BCUT2D eigenvalue weighted by atomic mass is 10.0. The van der Waals surface area contributed by atoms with E-state index >= 15 is 0 Å². The van der Waals surface area contributed by atoms with Gasteiger partial charge in [-0.3, -0.25) is 0 Å². The summed E-state index contributed by atoms with van der Waals surface area (Å²) in [7, 11) is 0. The van der Waals surface area contributed by atoms with Crippen LogP contribution in [0.2, 0.25) is 0 Å². The number of aromatic amines is 1. The molecule has 0 spiro atoms. The molecule has 25 heavy (non-hydrogen) atoms. The molecule has 2 aromatic heterocycles. The fourth-order valence-electron chi connectivity index (χ4n) is 2.52. The van der Waals surface area contributed by atoms with Crippen molar-refractivity contribution in [2.45, 2.75) is 33.6 Å². The van der Waals surface area contributed by atoms with Crippen molar-refractivity contribution < 1.29 is 13.2 Å². The summed E-state index contributed by atoms with van der Waals surface area (Å²) in [6, 6.07) is 3.34. The van der Waals surface area contributed by atoms with E-state index in [1.54, 1.807) is 31.2 Å². The topological polar surface area (TPSA) is 41.8 Å². The minimum Gasteiger partial charge on any atom is -0.453 e. The van der Waals surface area contributed by atoms with Crippen molar-refractivity contribution in [1.82, 2.24) is 9.97 Å². The maximum Gasteiger partial charge on any atom is 0.270 e. The van der Waals surface area contributed by atoms with E-state index in [0.717, 1.165) is 23.9 Å². The van der Waals surface area contributed by atoms with Crippen LogP contribution in [-0.4, -0.2) is 15.9 Å². The first kappa shape index (κ1) is 18.6. The zero-order valence-electron chi connectivity index (χ0n) is 14.9. The number of H-pyrrole nitrogens is 1. The number of furan rings is 1. The molecule has 0 saturated heterocycles. The quantitative estimate of drug-likeness (QED) is 0.636. The molecule has 132 valence electrons. The van der Waals surface area contributed by atoms with Crippen LogP contribution in [0, 0.1) is 6.92 Å². The largest absolute Gasteiger partial charge is 0.453 e. The summed E-state index contributed by atoms with van der Waals surface area (Å²) in [4.78, 5) is 7.69. The molecule has 2 rings (SSSR count). The molecule has 0 amide bonds. The van der Waals surface area contributed by atoms with Gasteiger partial charge in [0.2, 0.25) is 0 Å². The van der Waals surface area contributed by atoms with Gasteiger partial charge in [-0.25, -0.2) is 13.8 Å². The monoisotopic (exact) mass is 344 g/mol. The second-order valence-corrected chi connectivity index (χ2v) is 5.74. The lowest BCUT2D eigenvalue weighted by Gasteiger charge is -2.15. The number of nitrogens with zero attached hydrogens (tertiary/aromatic N) is 1. The fraction of sp³-hybridized carbons (Fsp3) is 0.250. The fourth-order valence-corrected chi connectivity index (χ4v) is 2.52. The second-order valence-electron chi connectivity index (χ2n) is 5.74. The summed E-state index contributed by atoms with van der Waals surface area (Å²) in [5.41, 5.74) is 2.55. The van der Waals surface area contributed by atoms with Crippen LogP contribution < -0.4 is 0 Å². The molecule has 0 aliphatic heterocycles. The Labute approximate surface area is 146 Å². The number of alkyl halides is 2. The molecule has 0 atom stereocenters. The normalized spacial score (nSPS) is 13.2. The van der Waals surface area contributed by atoms with E-state index in [-0.39, 0.29) is 11.1 Å². The molecular formula is C20H22F2N2O. The van der Waals surface area contributed by atoms with Gasteiger partial charge in [-0.05, 0) is 38.5 Å². The Morgan fingerprint density at radius 1 is 1.28 bits per heavy atom. The number of allylic oxidation sites excluding steroid dienone is 6. The maximum atomic E-state index is 13.6. The van der Waals surface area contributed by atoms with E-state index in [1.165, 1.54) is 0 Å². The first-order valence-electron chi connectivity index (χ1n) is 7.93. The van der Waals surface area contributed by atoms with Crippen LogP contribution in [0.25, 0.3) is 22.7 Å². The van der Waals surface area contributed by atoms with Crippen molar-refractivity contribution >= 4 is 11.1 Å². The molecule has 3 nitrogen and oxygen atoms in total. The molecule has 1 N–H and O–H groups in total. The molecular weight excluding hydrogens is 322 g/mol. The summed E-state index contributed by atoms with van der Waals surface area (Å²) in [5.74, 6) is -1.69. The number of aromatic nitrogens is 2. The van der Waals surface area contributed by atoms with Crippen LogP contribution in [0.4, 0.5) is 8.78 Å². The Hall–Kier alpha value is -2.69. The molecule has 0 aliphatic rings. The van der Waals surface area contributed by atoms with Gasteiger partial charge in [-0.15, -0.1) is 0 Å². The van der Waals surface area contributed by atoms with Gasteiger partial charge in [0, 0.05) is 23.8 Å². The summed E-state index contributed by atoms with van der Waals surface area (Å²) in [6.45, 7) is 13.6. The Balaban J connectivity index is 2.41. The molecule has 0 aliphatic carbocycles. The molecule has 0 saturated carbocycles. The first-order chi connectivity index (χ1) is 11.7. The smallest absolute Gasteiger partial charge is 0.270 e. The highest BCUT2D eigenvalue weighted by molar-refractivity contribution is 5.78. The SMILES string of the molecule is C=C/C(=C\C)c1nc(-c2ccc(/C(=C/C)C(=C)C(C)(F)F)o2)[nH]c1C. The van der Waals surface area contributed by atoms with Gasteiger partial charge >= 0.3 is 0 Å². The average Bonchev–Trinajstić information content (AvgIpc) is 3.16. The van der Waals surface area contributed by atoms with E-state index in [9.17, 15) is 8.78 Å². The maximum absolute atomic E-state index is 13.6. The van der Waals surface area contributed by atoms with Crippen LogP contribution >= 0.6 is 0 Å². The van der Waals surface area contributed by atoms with E-state index in [1.807, 2.05) is 19.9 Å². The van der Waals surface area contributed by atoms with Gasteiger partial charge in [-0.1, -0.05) is 31.4 Å². The third-order valence-electron chi connectivity index (χ3n) is 3.94. The Morgan fingerprint density at radius 3 is 2.48 bits per heavy atom. The van der Waals surface area contributed by atoms with Gasteiger partial charge in [-0.2, -0.15) is 0 Å². The van der Waals surface area contributed by atoms with Gasteiger partial charge in [0.25, 0.3) is 5.92 Å². The second kappa shape index (κ2) is 7.05. The molecule has 2 aromatic rings. The van der Waals surface area contributed by atoms with Crippen LogP contribution in [-0.2, 0) is 0 Å². The zero-order valence-corrected chi connectivity index (χ0v) is 14.9. The van der Waals surface area contributed by atoms with E-state index < -0.39 is 5.92 Å². The Morgan fingerprint density at radius 2 is 1.96 bits per heavy atom. The lowest BCUT2D eigenvalue weighted by Crippen LogP contribution is -2.13. The van der Waals surface area contributed by atoms with Crippen molar-refractivity contribution in [3.8, 4) is 11.6 Å². The molecule has 0 unspecified atom stereocenters. The Kier molecular flexibility index (Phi) is 5.26. The van der Waals surface area contributed by atoms with Gasteiger partial charge < -0.3 is 9.40 Å². The van der Waals surface area contributed by atoms with Crippen molar-refractivity contribution in [3.05, 3.63) is 66.2 Å². The van der Waals surface area contributed by atoms with E-state index in [4.69, 9.17) is 4.42 Å². The number of hydrogen-bond donors (Lipinski definition) is 1. The van der Waals surface area contributed by atoms with Crippen molar-refractivity contribution in [1.29, 1.82) is 0 Å². The predicted octanol–water partition coefficient (Wildman–Crippen LogP) is 6.18. The van der Waals surface area contributed by atoms with Crippen molar-refractivity contribution in [2.24, 2.45) is 0 Å². The van der Waals surface area contributed by atoms with Crippen LogP contribution in [0.15, 0.2) is 53.5 Å². The summed E-state index contributed by atoms with van der Waals surface area (Å²) >= 11 is 0. The molecule has 0 aromatic carbocycles. The molecule has 0 fully saturated rings. The molecule has 5 heteroatoms. The first-order valence-corrected chi connectivity index (χ1v) is 7.93. The molecule has 0 radical (unpaired) electrons. The minimum absolute atomic E-state index is 0.280. The molecule has 2 heterocycles. The predicted molar refractivity (Wildman–Crippen MR) is 98.3 cm³/mol. The number of aryl methyl sites for hydroxylation is 1. The van der Waals surface area contributed by atoms with Gasteiger partial charge in [0.15, 0.2) is 11.6 Å². The van der Waals surface area contributed by atoms with Crippen LogP contribution in [0.1, 0.15) is 37.9 Å². The van der Waals surface area contributed by atoms with E-state index in [2.05, 4.69) is 23.1 Å². The van der Waals surface area contributed by atoms with Crippen molar-refractivity contribution in [3.63, 3.8) is 0 Å². The number of halogens is 2. The lowest BCUT2D eigenvalue weighted by molar-refractivity contribution is 0.0691. The number of nitrogens with one attached hydrogen (secondary N) is 1. The third kappa shape index (κ3) is 3.71. The van der Waals surface area contributed by atoms with E-state index in [0.29, 0.717) is 17.3 Å². The standard InChI is InChI=1S/C20H22F2N2O/c1-7-14(8-2)18-13(5)23-19(24-18)17-11-10-16(25-17)15(9-3)12(4)20(6,21)22/h7-11H,1,4H2,2-3,5-6H3,(H,23,24)/b14-8+,15-9+.